The van der Waals surface area contributed by atoms with Crippen LogP contribution in [-0.4, -0.2) is 22.9 Å². The summed E-state index contributed by atoms with van der Waals surface area (Å²) in [5.74, 6) is 0.736. The molecule has 0 unspecified atom stereocenters. The second-order valence-electron chi connectivity index (χ2n) is 3.91. The van der Waals surface area contributed by atoms with Crippen molar-refractivity contribution in [1.29, 1.82) is 0 Å². The zero-order valence-electron chi connectivity index (χ0n) is 8.93. The summed E-state index contributed by atoms with van der Waals surface area (Å²) < 4.78 is 6.18. The largest absolute Gasteiger partial charge is 0.467 e. The molecule has 0 amide bonds. The summed E-state index contributed by atoms with van der Waals surface area (Å²) in [7, 11) is 1.36. The fourth-order valence-electron chi connectivity index (χ4n) is 1.59. The van der Waals surface area contributed by atoms with Crippen molar-refractivity contribution >= 4 is 11.8 Å². The number of anilines is 1. The van der Waals surface area contributed by atoms with Gasteiger partial charge in [-0.2, -0.15) is 5.10 Å². The first-order valence-electron chi connectivity index (χ1n) is 5.06. The van der Waals surface area contributed by atoms with Gasteiger partial charge in [0.05, 0.1) is 12.8 Å². The smallest absolute Gasteiger partial charge is 0.330 e. The van der Waals surface area contributed by atoms with E-state index in [2.05, 4.69) is 9.84 Å². The summed E-state index contributed by atoms with van der Waals surface area (Å²) in [5.41, 5.74) is 6.78. The van der Waals surface area contributed by atoms with Gasteiger partial charge in [0.1, 0.15) is 11.9 Å². The first-order chi connectivity index (χ1) is 7.13. The highest BCUT2D eigenvalue weighted by molar-refractivity contribution is 5.74. The standard InChI is InChI=1S/C10H15N3O2/c1-6(10(14)15-2)13-9(11)5-8(12-13)7-3-4-7/h5-7H,3-4,11H2,1-2H3/t6-/m1/s1. The van der Waals surface area contributed by atoms with E-state index in [1.165, 1.54) is 24.6 Å². The highest BCUT2D eigenvalue weighted by atomic mass is 16.5. The highest BCUT2D eigenvalue weighted by Crippen LogP contribution is 2.40. The second-order valence-corrected chi connectivity index (χ2v) is 3.91. The van der Waals surface area contributed by atoms with E-state index in [1.54, 1.807) is 6.92 Å². The minimum Gasteiger partial charge on any atom is -0.467 e. The Balaban J connectivity index is 2.22. The molecule has 1 aromatic rings. The average molecular weight is 209 g/mol. The lowest BCUT2D eigenvalue weighted by atomic mass is 10.3. The third-order valence-corrected chi connectivity index (χ3v) is 2.69. The predicted molar refractivity (Wildman–Crippen MR) is 55.3 cm³/mol. The number of hydrogen-bond donors (Lipinski definition) is 1. The number of rotatable bonds is 3. The molecule has 1 aromatic heterocycles. The van der Waals surface area contributed by atoms with Crippen LogP contribution in [0.25, 0.3) is 0 Å². The number of carbonyl (C=O) groups is 1. The maximum absolute atomic E-state index is 11.3. The maximum atomic E-state index is 11.3. The van der Waals surface area contributed by atoms with Gasteiger partial charge in [0, 0.05) is 12.0 Å². The van der Waals surface area contributed by atoms with Gasteiger partial charge in [-0.15, -0.1) is 0 Å². The molecule has 2 rings (SSSR count). The van der Waals surface area contributed by atoms with E-state index in [9.17, 15) is 4.79 Å². The fourth-order valence-corrected chi connectivity index (χ4v) is 1.59. The molecule has 0 spiro atoms. The first kappa shape index (κ1) is 10.0. The number of nitrogens with two attached hydrogens (primary N) is 1. The molecule has 0 radical (unpaired) electrons. The van der Waals surface area contributed by atoms with Gasteiger partial charge in [-0.1, -0.05) is 0 Å². The maximum Gasteiger partial charge on any atom is 0.330 e. The Bertz CT molecular complexity index is 382. The van der Waals surface area contributed by atoms with E-state index in [0.717, 1.165) is 5.69 Å². The molecule has 82 valence electrons. The van der Waals surface area contributed by atoms with Crippen molar-refractivity contribution in [2.24, 2.45) is 0 Å². The Hall–Kier alpha value is -1.52. The zero-order valence-corrected chi connectivity index (χ0v) is 8.93. The highest BCUT2D eigenvalue weighted by Gasteiger charge is 2.28. The Morgan fingerprint density at radius 2 is 2.40 bits per heavy atom. The molecule has 1 atom stereocenters. The van der Waals surface area contributed by atoms with Gasteiger partial charge >= 0.3 is 5.97 Å². The van der Waals surface area contributed by atoms with E-state index >= 15 is 0 Å². The van der Waals surface area contributed by atoms with E-state index < -0.39 is 6.04 Å². The van der Waals surface area contributed by atoms with Crippen molar-refractivity contribution in [3.05, 3.63) is 11.8 Å². The lowest BCUT2D eigenvalue weighted by Gasteiger charge is -2.10. The summed E-state index contributed by atoms with van der Waals surface area (Å²) in [6, 6.07) is 1.39. The summed E-state index contributed by atoms with van der Waals surface area (Å²) in [6.07, 6.45) is 2.34. The van der Waals surface area contributed by atoms with Crippen molar-refractivity contribution in [1.82, 2.24) is 9.78 Å². The number of nitrogens with zero attached hydrogens (tertiary/aromatic N) is 2. The number of aromatic nitrogens is 2. The van der Waals surface area contributed by atoms with Crippen LogP contribution in [0.2, 0.25) is 0 Å². The molecular weight excluding hydrogens is 194 g/mol. The minimum absolute atomic E-state index is 0.327. The molecule has 1 aliphatic carbocycles. The van der Waals surface area contributed by atoms with Gasteiger partial charge in [-0.3, -0.25) is 0 Å². The molecule has 2 N–H and O–H groups in total. The van der Waals surface area contributed by atoms with Crippen LogP contribution < -0.4 is 5.73 Å². The topological polar surface area (TPSA) is 70.1 Å². The number of esters is 1. The summed E-state index contributed by atoms with van der Waals surface area (Å²) >= 11 is 0. The third kappa shape index (κ3) is 1.82. The van der Waals surface area contributed by atoms with Crippen molar-refractivity contribution in [2.75, 3.05) is 12.8 Å². The molecule has 0 aliphatic heterocycles. The van der Waals surface area contributed by atoms with Crippen molar-refractivity contribution in [2.45, 2.75) is 31.7 Å². The van der Waals surface area contributed by atoms with Crippen LogP contribution in [0.15, 0.2) is 6.07 Å². The SMILES string of the molecule is COC(=O)[C@@H](C)n1nc(C2CC2)cc1N. The Morgan fingerprint density at radius 1 is 1.73 bits per heavy atom. The van der Waals surface area contributed by atoms with Crippen molar-refractivity contribution in [3.8, 4) is 0 Å². The fraction of sp³-hybridized carbons (Fsp3) is 0.600. The van der Waals surface area contributed by atoms with E-state index in [4.69, 9.17) is 5.73 Å². The van der Waals surface area contributed by atoms with Crippen LogP contribution in [0.4, 0.5) is 5.82 Å². The van der Waals surface area contributed by atoms with Crippen LogP contribution in [0, 0.1) is 0 Å². The van der Waals surface area contributed by atoms with E-state index in [1.807, 2.05) is 6.07 Å². The third-order valence-electron chi connectivity index (χ3n) is 2.69. The molecular formula is C10H15N3O2. The molecule has 1 fully saturated rings. The Labute approximate surface area is 88.2 Å². The minimum atomic E-state index is -0.456. The number of carbonyl (C=O) groups excluding carboxylic acids is 1. The first-order valence-corrected chi connectivity index (χ1v) is 5.06. The lowest BCUT2D eigenvalue weighted by Crippen LogP contribution is -2.20. The molecule has 1 heterocycles. The van der Waals surface area contributed by atoms with Gasteiger partial charge in [-0.25, -0.2) is 9.48 Å². The number of nitrogen functional groups attached to an aromatic ring is 1. The summed E-state index contributed by atoms with van der Waals surface area (Å²) in [6.45, 7) is 1.73. The van der Waals surface area contributed by atoms with E-state index in [-0.39, 0.29) is 5.97 Å². The molecule has 5 heteroatoms. The zero-order chi connectivity index (χ0) is 11.0. The second kappa shape index (κ2) is 3.56. The summed E-state index contributed by atoms with van der Waals surface area (Å²) in [5, 5.41) is 4.33. The monoisotopic (exact) mass is 209 g/mol. The van der Waals surface area contributed by atoms with Crippen LogP contribution in [0.5, 0.6) is 0 Å². The van der Waals surface area contributed by atoms with Gasteiger partial charge in [0.25, 0.3) is 0 Å². The van der Waals surface area contributed by atoms with E-state index in [0.29, 0.717) is 11.7 Å². The molecule has 1 saturated carbocycles. The summed E-state index contributed by atoms with van der Waals surface area (Å²) in [4.78, 5) is 11.3. The molecule has 0 bridgehead atoms. The molecule has 0 saturated heterocycles. The Kier molecular flexibility index (Phi) is 2.38. The molecule has 5 nitrogen and oxygen atoms in total. The van der Waals surface area contributed by atoms with Crippen LogP contribution in [-0.2, 0) is 9.53 Å². The van der Waals surface area contributed by atoms with Gasteiger partial charge in [0.2, 0.25) is 0 Å². The van der Waals surface area contributed by atoms with Crippen LogP contribution in [0.3, 0.4) is 0 Å². The van der Waals surface area contributed by atoms with Gasteiger partial charge < -0.3 is 10.5 Å². The lowest BCUT2D eigenvalue weighted by molar-refractivity contribution is -0.144. The average Bonchev–Trinajstić information content (AvgIpc) is 3.00. The van der Waals surface area contributed by atoms with Crippen LogP contribution in [0.1, 0.15) is 37.4 Å². The Morgan fingerprint density at radius 3 is 2.93 bits per heavy atom. The number of methoxy groups -OCH3 is 1. The van der Waals surface area contributed by atoms with Crippen molar-refractivity contribution in [3.63, 3.8) is 0 Å². The number of ether oxygens (including phenoxy) is 1. The van der Waals surface area contributed by atoms with Crippen LogP contribution >= 0.6 is 0 Å². The quantitative estimate of drug-likeness (QED) is 0.756. The normalized spacial score (nSPS) is 17.5. The molecule has 0 aromatic carbocycles. The van der Waals surface area contributed by atoms with Crippen molar-refractivity contribution < 1.29 is 9.53 Å². The molecule has 15 heavy (non-hydrogen) atoms. The van der Waals surface area contributed by atoms with Gasteiger partial charge in [-0.05, 0) is 19.8 Å². The molecule has 1 aliphatic rings. The predicted octanol–water partition coefficient (Wildman–Crippen LogP) is 1.08. The number of hydrogen-bond acceptors (Lipinski definition) is 4. The van der Waals surface area contributed by atoms with Gasteiger partial charge in [0.15, 0.2) is 0 Å².